The molecule has 0 radical (unpaired) electrons. The normalized spacial score (nSPS) is 43.4. The molecule has 1 fully saturated rings. The maximum Gasteiger partial charge on any atom is 0.220 e. The number of ether oxygens (including phenoxy) is 3. The van der Waals surface area contributed by atoms with Crippen molar-refractivity contribution in [1.29, 1.82) is 0 Å². The van der Waals surface area contributed by atoms with Crippen molar-refractivity contribution in [1.82, 2.24) is 0 Å². The molecule has 2 aliphatic rings. The molecule has 0 aliphatic carbocycles. The number of rotatable bonds is 4. The first-order valence-electron chi connectivity index (χ1n) is 6.71. The van der Waals surface area contributed by atoms with Crippen LogP contribution in [0.4, 0.5) is 0 Å². The van der Waals surface area contributed by atoms with Crippen molar-refractivity contribution in [3.05, 3.63) is 11.5 Å². The van der Waals surface area contributed by atoms with E-state index in [2.05, 4.69) is 0 Å². The van der Waals surface area contributed by atoms with Crippen LogP contribution in [-0.4, -0.2) is 98.5 Å². The van der Waals surface area contributed by atoms with E-state index in [-0.39, 0.29) is 6.61 Å². The van der Waals surface area contributed by atoms with Gasteiger partial charge < -0.3 is 50.0 Å². The third-order valence-electron chi connectivity index (χ3n) is 3.64. The number of hydrogen-bond donors (Lipinski definition) is 7. The zero-order valence-electron chi connectivity index (χ0n) is 11.5. The van der Waals surface area contributed by atoms with E-state index < -0.39 is 67.6 Å². The van der Waals surface area contributed by atoms with Gasteiger partial charge in [-0.1, -0.05) is 0 Å². The Morgan fingerprint density at radius 3 is 2.23 bits per heavy atom. The van der Waals surface area contributed by atoms with Gasteiger partial charge in [0.2, 0.25) is 6.29 Å². The van der Waals surface area contributed by atoms with Crippen molar-refractivity contribution < 1.29 is 50.0 Å². The van der Waals surface area contributed by atoms with Crippen molar-refractivity contribution in [2.24, 2.45) is 0 Å². The molecule has 0 amide bonds. The molecule has 1 saturated heterocycles. The molecule has 7 N–H and O–H groups in total. The lowest BCUT2D eigenvalue weighted by Crippen LogP contribution is -2.57. The molecule has 22 heavy (non-hydrogen) atoms. The molecular weight excluding hydrogens is 304 g/mol. The molecule has 10 nitrogen and oxygen atoms in total. The van der Waals surface area contributed by atoms with Crippen molar-refractivity contribution in [2.75, 3.05) is 19.8 Å². The Labute approximate surface area is 125 Å². The molecule has 128 valence electrons. The van der Waals surface area contributed by atoms with E-state index in [9.17, 15) is 30.6 Å². The second kappa shape index (κ2) is 7.06. The van der Waals surface area contributed by atoms with E-state index in [4.69, 9.17) is 19.3 Å². The van der Waals surface area contributed by atoms with Crippen LogP contribution in [-0.2, 0) is 14.2 Å². The third-order valence-corrected chi connectivity index (χ3v) is 3.64. The van der Waals surface area contributed by atoms with Crippen molar-refractivity contribution >= 4 is 0 Å². The van der Waals surface area contributed by atoms with E-state index in [1.165, 1.54) is 0 Å². The lowest BCUT2D eigenvalue weighted by atomic mass is 10.00. The number of aliphatic hydroxyl groups is 7. The fraction of sp³-hybridized carbons (Fsp3) is 0.833. The summed E-state index contributed by atoms with van der Waals surface area (Å²) in [4.78, 5) is 0. The molecule has 0 aromatic carbocycles. The van der Waals surface area contributed by atoms with Gasteiger partial charge in [0.15, 0.2) is 11.5 Å². The smallest absolute Gasteiger partial charge is 0.220 e. The molecule has 10 heteroatoms. The predicted octanol–water partition coefficient (Wildman–Crippen LogP) is -3.11. The Morgan fingerprint density at radius 1 is 1.00 bits per heavy atom. The second-order valence-corrected chi connectivity index (χ2v) is 5.12. The van der Waals surface area contributed by atoms with Gasteiger partial charge in [0.05, 0.1) is 19.8 Å². The van der Waals surface area contributed by atoms with Crippen molar-refractivity contribution in [3.63, 3.8) is 0 Å². The van der Waals surface area contributed by atoms with Crippen LogP contribution in [0.5, 0.6) is 0 Å². The van der Waals surface area contributed by atoms with Crippen LogP contribution in [0, 0.1) is 0 Å². The van der Waals surface area contributed by atoms with E-state index in [0.717, 1.165) is 0 Å². The first-order chi connectivity index (χ1) is 10.4. The van der Waals surface area contributed by atoms with Crippen molar-refractivity contribution in [2.45, 2.75) is 42.9 Å². The fourth-order valence-electron chi connectivity index (χ4n) is 2.31. The van der Waals surface area contributed by atoms with Crippen LogP contribution in [0.25, 0.3) is 0 Å². The van der Waals surface area contributed by atoms with Gasteiger partial charge in [-0.05, 0) is 0 Å². The monoisotopic (exact) mass is 324 g/mol. The highest BCUT2D eigenvalue weighted by Crippen LogP contribution is 2.28. The van der Waals surface area contributed by atoms with Gasteiger partial charge >= 0.3 is 0 Å². The topological polar surface area (TPSA) is 169 Å². The zero-order chi connectivity index (χ0) is 16.4. The Balaban J connectivity index is 2.16. The SMILES string of the molecule is OCC1OCC(O)C(O)[C@@H]1O[C@H]1OC(CO)[C@H](O)C(O)=C1O. The highest BCUT2D eigenvalue weighted by Gasteiger charge is 2.44. The van der Waals surface area contributed by atoms with E-state index in [1.807, 2.05) is 0 Å². The largest absolute Gasteiger partial charge is 0.506 e. The third kappa shape index (κ3) is 3.19. The molecule has 2 aliphatic heterocycles. The Bertz CT molecular complexity index is 411. The molecule has 0 aromatic rings. The van der Waals surface area contributed by atoms with Gasteiger partial charge in [-0.25, -0.2) is 0 Å². The van der Waals surface area contributed by atoms with Crippen LogP contribution in [0.2, 0.25) is 0 Å². The summed E-state index contributed by atoms with van der Waals surface area (Å²) in [5.41, 5.74) is 0. The standard InChI is InChI=1S/C12H20O10/c13-1-5-8(17)9(18)10(19)12(21-5)22-11-6(2-14)20-3-4(15)7(11)16/h4-8,11-19H,1-3H2/t4?,5?,6?,7?,8-,11+,12+/m0/s1. The predicted molar refractivity (Wildman–Crippen MR) is 67.7 cm³/mol. The Kier molecular flexibility index (Phi) is 5.58. The molecule has 2 heterocycles. The highest BCUT2D eigenvalue weighted by atomic mass is 16.7. The maximum absolute atomic E-state index is 9.92. The molecule has 7 atom stereocenters. The van der Waals surface area contributed by atoms with Gasteiger partial charge in [0, 0.05) is 0 Å². The minimum Gasteiger partial charge on any atom is -0.506 e. The molecular formula is C12H20O10. The molecule has 0 aromatic heterocycles. The van der Waals surface area contributed by atoms with Gasteiger partial charge in [-0.3, -0.25) is 0 Å². The maximum atomic E-state index is 9.92. The Hall–Kier alpha value is -0.980. The van der Waals surface area contributed by atoms with Crippen LogP contribution < -0.4 is 0 Å². The summed E-state index contributed by atoms with van der Waals surface area (Å²) in [5.74, 6) is -1.66. The van der Waals surface area contributed by atoms with Gasteiger partial charge in [-0.2, -0.15) is 0 Å². The van der Waals surface area contributed by atoms with E-state index in [0.29, 0.717) is 0 Å². The van der Waals surface area contributed by atoms with Crippen LogP contribution in [0.3, 0.4) is 0 Å². The fourth-order valence-corrected chi connectivity index (χ4v) is 2.31. The van der Waals surface area contributed by atoms with Crippen LogP contribution in [0.1, 0.15) is 0 Å². The molecule has 4 unspecified atom stereocenters. The average molecular weight is 324 g/mol. The van der Waals surface area contributed by atoms with Gasteiger partial charge in [-0.15, -0.1) is 0 Å². The lowest BCUT2D eigenvalue weighted by molar-refractivity contribution is -0.282. The zero-order valence-corrected chi connectivity index (χ0v) is 11.5. The quantitative estimate of drug-likeness (QED) is 0.281. The minimum atomic E-state index is -1.63. The van der Waals surface area contributed by atoms with Crippen molar-refractivity contribution in [3.8, 4) is 0 Å². The van der Waals surface area contributed by atoms with Gasteiger partial charge in [0.1, 0.15) is 36.6 Å². The number of hydrogen-bond acceptors (Lipinski definition) is 10. The molecule has 2 rings (SSSR count). The Morgan fingerprint density at radius 2 is 1.64 bits per heavy atom. The summed E-state index contributed by atoms with van der Waals surface area (Å²) in [7, 11) is 0. The summed E-state index contributed by atoms with van der Waals surface area (Å²) < 4.78 is 15.5. The summed E-state index contributed by atoms with van der Waals surface area (Å²) >= 11 is 0. The van der Waals surface area contributed by atoms with E-state index in [1.54, 1.807) is 0 Å². The molecule has 0 spiro atoms. The first-order valence-corrected chi connectivity index (χ1v) is 6.71. The number of aliphatic hydroxyl groups excluding tert-OH is 7. The summed E-state index contributed by atoms with van der Waals surface area (Å²) in [5, 5.41) is 66.7. The molecule has 0 bridgehead atoms. The summed E-state index contributed by atoms with van der Waals surface area (Å²) in [6, 6.07) is 0. The van der Waals surface area contributed by atoms with Crippen LogP contribution >= 0.6 is 0 Å². The van der Waals surface area contributed by atoms with E-state index >= 15 is 0 Å². The highest BCUT2D eigenvalue weighted by molar-refractivity contribution is 5.12. The molecule has 0 saturated carbocycles. The average Bonchev–Trinajstić information content (AvgIpc) is 2.52. The minimum absolute atomic E-state index is 0.206. The summed E-state index contributed by atoms with van der Waals surface area (Å²) in [6.07, 6.45) is -9.43. The first kappa shape index (κ1) is 17.4. The van der Waals surface area contributed by atoms with Gasteiger partial charge in [0.25, 0.3) is 0 Å². The lowest BCUT2D eigenvalue weighted by Gasteiger charge is -2.40. The van der Waals surface area contributed by atoms with Crippen LogP contribution in [0.15, 0.2) is 11.5 Å². The summed E-state index contributed by atoms with van der Waals surface area (Å²) in [6.45, 7) is -1.39. The second-order valence-electron chi connectivity index (χ2n) is 5.12.